The molecule has 0 amide bonds. The Morgan fingerprint density at radius 1 is 1.25 bits per heavy atom. The summed E-state index contributed by atoms with van der Waals surface area (Å²) in [5, 5.41) is 0.416. The molecule has 20 heavy (non-hydrogen) atoms. The van der Waals surface area contributed by atoms with Crippen molar-refractivity contribution in [1.29, 1.82) is 0 Å². The summed E-state index contributed by atoms with van der Waals surface area (Å²) in [4.78, 5) is 40.6. The summed E-state index contributed by atoms with van der Waals surface area (Å²) < 4.78 is 2.56. The third-order valence-electron chi connectivity index (χ3n) is 3.91. The zero-order valence-electron chi connectivity index (χ0n) is 11.5. The summed E-state index contributed by atoms with van der Waals surface area (Å²) in [5.74, 6) is 0.0250. The molecule has 1 aliphatic carbocycles. The van der Waals surface area contributed by atoms with Crippen molar-refractivity contribution in [3.63, 3.8) is 0 Å². The molecule has 2 aromatic heterocycles. The van der Waals surface area contributed by atoms with Gasteiger partial charge in [-0.25, -0.2) is 9.78 Å². The van der Waals surface area contributed by atoms with Gasteiger partial charge in [-0.3, -0.25) is 18.7 Å². The Kier molecular flexibility index (Phi) is 2.81. The summed E-state index contributed by atoms with van der Waals surface area (Å²) in [6, 6.07) is 0. The number of fused-ring (bicyclic) bond motifs is 3. The molecule has 0 saturated carbocycles. The zero-order chi connectivity index (χ0) is 14.4. The third-order valence-corrected chi connectivity index (χ3v) is 3.91. The van der Waals surface area contributed by atoms with Gasteiger partial charge < -0.3 is 0 Å². The normalized spacial score (nSPS) is 14.6. The second-order valence-corrected chi connectivity index (χ2v) is 5.02. The van der Waals surface area contributed by atoms with Gasteiger partial charge in [0, 0.05) is 31.8 Å². The van der Waals surface area contributed by atoms with E-state index in [2.05, 4.69) is 4.98 Å². The van der Waals surface area contributed by atoms with E-state index in [0.717, 1.165) is 16.6 Å². The Hall–Kier alpha value is -2.24. The fourth-order valence-electron chi connectivity index (χ4n) is 2.84. The Labute approximate surface area is 114 Å². The van der Waals surface area contributed by atoms with E-state index >= 15 is 0 Å². The standard InChI is InChI=1S/C14H15N3O3/c1-3-17-12-11(13(19)16(2)14(17)20)8-5-4-6-10(18)9(8)7-15-12/h7H,3-6H2,1-2H3. The van der Waals surface area contributed by atoms with Gasteiger partial charge in [0.2, 0.25) is 0 Å². The van der Waals surface area contributed by atoms with Crippen molar-refractivity contribution in [3.8, 4) is 0 Å². The van der Waals surface area contributed by atoms with E-state index in [0.29, 0.717) is 36.0 Å². The number of carbonyl (C=O) groups excluding carboxylic acids is 1. The van der Waals surface area contributed by atoms with Gasteiger partial charge in [0.05, 0.1) is 5.39 Å². The molecule has 0 aromatic carbocycles. The molecule has 2 aromatic rings. The highest BCUT2D eigenvalue weighted by Crippen LogP contribution is 2.25. The predicted octanol–water partition coefficient (Wildman–Crippen LogP) is 0.634. The molecule has 0 bridgehead atoms. The summed E-state index contributed by atoms with van der Waals surface area (Å²) in [5.41, 5.74) is 0.915. The molecule has 104 valence electrons. The fraction of sp³-hybridized carbons (Fsp3) is 0.429. The second kappa shape index (κ2) is 4.40. The van der Waals surface area contributed by atoms with Crippen molar-refractivity contribution >= 4 is 16.8 Å². The van der Waals surface area contributed by atoms with Gasteiger partial charge in [-0.2, -0.15) is 0 Å². The topological polar surface area (TPSA) is 74.0 Å². The minimum absolute atomic E-state index is 0.0250. The van der Waals surface area contributed by atoms with Crippen molar-refractivity contribution in [2.24, 2.45) is 7.05 Å². The van der Waals surface area contributed by atoms with Gasteiger partial charge in [0.15, 0.2) is 5.78 Å². The number of aryl methyl sites for hydroxylation is 2. The molecule has 0 atom stereocenters. The first-order valence-corrected chi connectivity index (χ1v) is 6.70. The molecule has 0 fully saturated rings. The van der Waals surface area contributed by atoms with E-state index < -0.39 is 0 Å². The first kappa shape index (κ1) is 12.8. The first-order chi connectivity index (χ1) is 9.56. The average Bonchev–Trinajstić information content (AvgIpc) is 2.45. The van der Waals surface area contributed by atoms with E-state index in [4.69, 9.17) is 0 Å². The van der Waals surface area contributed by atoms with Gasteiger partial charge in [0.1, 0.15) is 5.65 Å². The summed E-state index contributed by atoms with van der Waals surface area (Å²) in [7, 11) is 1.46. The van der Waals surface area contributed by atoms with E-state index in [9.17, 15) is 14.4 Å². The number of rotatable bonds is 1. The van der Waals surface area contributed by atoms with E-state index in [1.165, 1.54) is 17.8 Å². The van der Waals surface area contributed by atoms with Crippen LogP contribution in [0, 0.1) is 0 Å². The molecular formula is C14H15N3O3. The summed E-state index contributed by atoms with van der Waals surface area (Å²) >= 11 is 0. The molecule has 0 saturated heterocycles. The maximum absolute atomic E-state index is 12.4. The van der Waals surface area contributed by atoms with Crippen LogP contribution < -0.4 is 11.2 Å². The summed E-state index contributed by atoms with van der Waals surface area (Å²) in [6.45, 7) is 2.26. The number of aromatic nitrogens is 3. The lowest BCUT2D eigenvalue weighted by Crippen LogP contribution is -2.39. The van der Waals surface area contributed by atoms with Crippen molar-refractivity contribution < 1.29 is 4.79 Å². The van der Waals surface area contributed by atoms with Gasteiger partial charge in [-0.05, 0) is 25.3 Å². The molecule has 0 radical (unpaired) electrons. The Morgan fingerprint density at radius 3 is 2.70 bits per heavy atom. The molecule has 6 nitrogen and oxygen atoms in total. The van der Waals surface area contributed by atoms with Crippen LogP contribution in [0.25, 0.3) is 11.0 Å². The molecule has 0 N–H and O–H groups in total. The van der Waals surface area contributed by atoms with Gasteiger partial charge in [-0.15, -0.1) is 0 Å². The van der Waals surface area contributed by atoms with Crippen molar-refractivity contribution in [1.82, 2.24) is 14.1 Å². The van der Waals surface area contributed by atoms with Crippen LogP contribution in [0.3, 0.4) is 0 Å². The molecule has 6 heteroatoms. The SMILES string of the molecule is CCn1c(=O)n(C)c(=O)c2c3c(cnc21)C(=O)CCC3. The molecular weight excluding hydrogens is 258 g/mol. The van der Waals surface area contributed by atoms with Crippen LogP contribution in [-0.2, 0) is 20.0 Å². The molecule has 2 heterocycles. The quantitative estimate of drug-likeness (QED) is 0.764. The molecule has 0 unspecified atom stereocenters. The molecule has 3 rings (SSSR count). The zero-order valence-corrected chi connectivity index (χ0v) is 11.5. The highest BCUT2D eigenvalue weighted by molar-refractivity contribution is 6.01. The van der Waals surface area contributed by atoms with Gasteiger partial charge in [-0.1, -0.05) is 0 Å². The van der Waals surface area contributed by atoms with Crippen LogP contribution >= 0.6 is 0 Å². The van der Waals surface area contributed by atoms with Crippen molar-refractivity contribution in [2.45, 2.75) is 32.7 Å². The highest BCUT2D eigenvalue weighted by atomic mass is 16.2. The number of ketones is 1. The summed E-state index contributed by atoms with van der Waals surface area (Å²) in [6.07, 6.45) is 3.41. The lowest BCUT2D eigenvalue weighted by Gasteiger charge is -2.18. The van der Waals surface area contributed by atoms with Crippen LogP contribution in [0.4, 0.5) is 0 Å². The van der Waals surface area contributed by atoms with Crippen LogP contribution in [0.5, 0.6) is 0 Å². The smallest absolute Gasteiger partial charge is 0.294 e. The predicted molar refractivity (Wildman–Crippen MR) is 74.2 cm³/mol. The van der Waals surface area contributed by atoms with Gasteiger partial charge >= 0.3 is 5.69 Å². The average molecular weight is 273 g/mol. The van der Waals surface area contributed by atoms with Crippen LogP contribution in [0.1, 0.15) is 35.7 Å². The van der Waals surface area contributed by atoms with Crippen LogP contribution in [0.15, 0.2) is 15.8 Å². The Bertz CT molecular complexity index is 845. The minimum atomic E-state index is -0.375. The van der Waals surface area contributed by atoms with E-state index in [-0.39, 0.29) is 17.0 Å². The van der Waals surface area contributed by atoms with Crippen LogP contribution in [0.2, 0.25) is 0 Å². The maximum Gasteiger partial charge on any atom is 0.332 e. The second-order valence-electron chi connectivity index (χ2n) is 5.02. The van der Waals surface area contributed by atoms with Crippen molar-refractivity contribution in [3.05, 3.63) is 38.2 Å². The molecule has 0 spiro atoms. The Morgan fingerprint density at radius 2 is 2.00 bits per heavy atom. The Balaban J connectivity index is 2.56. The number of hydrogen-bond acceptors (Lipinski definition) is 4. The maximum atomic E-state index is 12.4. The van der Waals surface area contributed by atoms with E-state index in [1.54, 1.807) is 0 Å². The molecule has 1 aliphatic rings. The third kappa shape index (κ3) is 1.57. The number of Topliss-reactive ketones (excluding diaryl/α,β-unsaturated/α-hetero) is 1. The van der Waals surface area contributed by atoms with Crippen LogP contribution in [-0.4, -0.2) is 19.9 Å². The van der Waals surface area contributed by atoms with Crippen molar-refractivity contribution in [2.75, 3.05) is 0 Å². The first-order valence-electron chi connectivity index (χ1n) is 6.70. The number of hydrogen-bond donors (Lipinski definition) is 0. The largest absolute Gasteiger partial charge is 0.332 e. The lowest BCUT2D eigenvalue weighted by atomic mass is 9.90. The fourth-order valence-corrected chi connectivity index (χ4v) is 2.84. The minimum Gasteiger partial charge on any atom is -0.294 e. The number of nitrogens with zero attached hydrogens (tertiary/aromatic N) is 3. The lowest BCUT2D eigenvalue weighted by molar-refractivity contribution is 0.0972. The monoisotopic (exact) mass is 273 g/mol. The highest BCUT2D eigenvalue weighted by Gasteiger charge is 2.23. The molecule has 0 aliphatic heterocycles. The van der Waals surface area contributed by atoms with Gasteiger partial charge in [0.25, 0.3) is 5.56 Å². The number of carbonyl (C=O) groups is 1. The number of pyridine rings is 1. The van der Waals surface area contributed by atoms with E-state index in [1.807, 2.05) is 6.92 Å².